The summed E-state index contributed by atoms with van der Waals surface area (Å²) in [6.07, 6.45) is 2.40. The number of alkyl carbamates (subject to hydrolysis) is 3. The summed E-state index contributed by atoms with van der Waals surface area (Å²) in [6.45, 7) is 21.3. The summed E-state index contributed by atoms with van der Waals surface area (Å²) in [5.74, 6) is -10.1. The largest absolute Gasteiger partial charge is 0.573 e. The Kier molecular flexibility index (Phi) is 33.9. The second kappa shape index (κ2) is 43.7. The summed E-state index contributed by atoms with van der Waals surface area (Å²) in [5, 5.41) is 8.28. The number of halogens is 10. The van der Waals surface area contributed by atoms with E-state index in [1.807, 2.05) is 67.3 Å². The van der Waals surface area contributed by atoms with Gasteiger partial charge in [-0.05, 0) is 189 Å². The number of aryl methyl sites for hydroxylation is 2. The Labute approximate surface area is 858 Å². The van der Waals surface area contributed by atoms with Gasteiger partial charge in [0.2, 0.25) is 35.4 Å². The van der Waals surface area contributed by atoms with E-state index in [1.165, 1.54) is 58.2 Å². The van der Waals surface area contributed by atoms with Gasteiger partial charge in [-0.3, -0.25) is 14.4 Å². The van der Waals surface area contributed by atoms with Crippen LogP contribution in [0.4, 0.5) is 58.3 Å². The molecule has 0 spiro atoms. The average Bonchev–Trinajstić information content (AvgIpc) is 1.53. The van der Waals surface area contributed by atoms with E-state index in [4.69, 9.17) is 43.1 Å². The molecule has 9 heterocycles. The van der Waals surface area contributed by atoms with Gasteiger partial charge in [0.05, 0.1) is 59.8 Å². The standard InChI is InChI=1S/C34H42F3N4O6.C33H39F4N4O6.C33H40F3N4O6.3V/c1-5-20-26(17-42)41-16-28(20)45-30-24(38-23-12-11-19(15-25(23)39-30)47-34(35,36)37)10-8-6-7-9-21-22-13-18(22)14-27(21)46-32(44)40-29(31(41)43)33(2,3)4;1-16-22(15-42)41-14-24(16)46-28-26(38-20-10-9-17(45-5)12-21(20)39-28)32(34,35)11-7-6-8-18-23(13-19-25(18)33(19,36)37)47-30(44)40-27(29(41)43)31(2,3)4;1-17-25(16-41)40-15-27(17)44-29-23(37-22-11-10-19(14-24(22)38-29)46-33(34,35)36)9-7-5-6-8-20-21-12-18(21)13-26(20)45-31(43)39-28(30(40)42)32(2,3)4;;;/h11-12,15,18,20-22,26-29H,5-10,13-14,16H2,1-4H3,(H,40,44);9-10,12,16,18-19,22-25,27H,6-8,11,13-14H2,1-5H3,(H,40,44);10-11,14,17-18,20-21,25-28H,5-9,12-13,15H2,1-4H3,(H,39,43);;;/q3*-1;;;/t18?,20-,21+,22?,26+,27+,28-,29+;16-,18-,19?,22+,23+,24-,25?,27+;17-,18?,20+,21?,25+,26+,27-,28+;;;/m000.../s1. The summed E-state index contributed by atoms with van der Waals surface area (Å²) in [4.78, 5) is 150. The van der Waals surface area contributed by atoms with Gasteiger partial charge >= 0.3 is 31.0 Å². The third kappa shape index (κ3) is 24.6. The summed E-state index contributed by atoms with van der Waals surface area (Å²) in [5.41, 5.74) is -0.366. The van der Waals surface area contributed by atoms with Gasteiger partial charge in [0.25, 0.3) is 11.8 Å². The van der Waals surface area contributed by atoms with Crippen LogP contribution in [0, 0.1) is 87.3 Å². The fraction of sp³-hybridized carbons (Fsp3) is 0.670. The summed E-state index contributed by atoms with van der Waals surface area (Å²) in [6, 6.07) is 6.00. The summed E-state index contributed by atoms with van der Waals surface area (Å²) >= 11 is 0. The number of carbonyl (C=O) groups excluding carboxylic acids is 9. The van der Waals surface area contributed by atoms with Gasteiger partial charge in [-0.2, -0.15) is 8.78 Å². The van der Waals surface area contributed by atoms with Gasteiger partial charge in [-0.25, -0.2) is 71.9 Å². The predicted molar refractivity (Wildman–Crippen MR) is 484 cm³/mol. The van der Waals surface area contributed by atoms with Crippen molar-refractivity contribution in [1.29, 1.82) is 0 Å². The second-order valence-corrected chi connectivity index (χ2v) is 43.1. The molecular weight excluding hydrogens is 2000 g/mol. The molecule has 18 rings (SSSR count). The van der Waals surface area contributed by atoms with Crippen LogP contribution in [0.1, 0.15) is 216 Å². The Bertz CT molecular complexity index is 5670. The van der Waals surface area contributed by atoms with Crippen LogP contribution in [0.2, 0.25) is 0 Å². The van der Waals surface area contributed by atoms with Crippen LogP contribution in [-0.2, 0) is 117 Å². The Morgan fingerprint density at radius 1 is 0.427 bits per heavy atom. The van der Waals surface area contributed by atoms with E-state index in [9.17, 15) is 78.3 Å². The van der Waals surface area contributed by atoms with Crippen LogP contribution in [0.25, 0.3) is 33.1 Å². The van der Waals surface area contributed by atoms with Crippen molar-refractivity contribution >= 4 is 88.0 Å². The zero-order valence-electron chi connectivity index (χ0n) is 81.8. The van der Waals surface area contributed by atoms with Gasteiger partial charge in [0.15, 0.2) is 5.69 Å². The van der Waals surface area contributed by atoms with E-state index in [0.29, 0.717) is 71.1 Å². The zero-order valence-corrected chi connectivity index (χ0v) is 86.0. The molecule has 6 aliphatic heterocycles. The van der Waals surface area contributed by atoms with Crippen molar-refractivity contribution in [2.75, 3.05) is 26.7 Å². The molecule has 3 aromatic heterocycles. The maximum atomic E-state index is 16.0. The van der Waals surface area contributed by atoms with Crippen molar-refractivity contribution in [3.05, 3.63) is 71.7 Å². The molecule has 12 aliphatic rings. The summed E-state index contributed by atoms with van der Waals surface area (Å²) in [7, 11) is 1.45. The Morgan fingerprint density at radius 2 is 0.797 bits per heavy atom. The van der Waals surface area contributed by atoms with Crippen molar-refractivity contribution in [3.63, 3.8) is 0 Å². The van der Waals surface area contributed by atoms with E-state index in [2.05, 4.69) is 45.4 Å². The van der Waals surface area contributed by atoms with Crippen LogP contribution < -0.4 is 44.4 Å². The first-order valence-electron chi connectivity index (χ1n) is 48.7. The molecule has 6 aliphatic carbocycles. The number of benzene rings is 3. The topological polar surface area (TPSA) is 360 Å². The van der Waals surface area contributed by atoms with Gasteiger partial charge < -0.3 is 87.7 Å². The molecule has 143 heavy (non-hydrogen) atoms. The molecule has 777 valence electrons. The van der Waals surface area contributed by atoms with Crippen molar-refractivity contribution in [2.24, 2.45) is 87.3 Å². The van der Waals surface area contributed by atoms with Crippen molar-refractivity contribution < 1.29 is 185 Å². The number of ether oxygens (including phenoxy) is 9. The molecule has 43 heteroatoms. The minimum absolute atomic E-state index is 0. The normalized spacial score (nSPS) is 31.9. The fourth-order valence-corrected chi connectivity index (χ4v) is 22.8. The molecule has 30 nitrogen and oxygen atoms in total. The molecule has 6 unspecified atom stereocenters. The number of amides is 6. The monoisotopic (exact) mass is 2120 g/mol. The molecule has 24 atom stereocenters. The molecule has 3 N–H and O–H groups in total. The Balaban J connectivity index is 0.000000178. The molecule has 3 radical (unpaired) electrons. The number of nitrogens with one attached hydrogen (secondary N) is 3. The number of methoxy groups -OCH3 is 1. The first-order chi connectivity index (χ1) is 66.0. The van der Waals surface area contributed by atoms with E-state index in [0.717, 1.165) is 89.2 Å². The SMILES string of the molecule is CC[C@@H]1[C@@H]2CN(C(=O)[C@H](C(C)(C)C)NC(=O)O[C@@H]3CC4CC4[C@H]3CCCCCc3nc4ccc(OC(F)(F)F)cc4nc3O2)[C@@H]1[C-]=O.COc1ccc2nc3c(nc2c1)O[C@H]1CN(C(=O)[C@H](C(C)(C)C)NC(=O)O[C@@H]2CC4C([C@H]2CCCCC3(F)F)C4(F)F)[C@H]([C-]=O)[C@@H]1C.C[C@@H]1[C@@H]2CN(C(=O)[C@H](C(C)(C)C)NC(=O)O[C@@H]3CC4CC4[C@H]3CCCCCc3nc4ccc(OC(F)(F)F)cc4nc3O2)[C@@H]1[C-]=O.[V].[V].[V]. The zero-order chi connectivity index (χ0) is 101. The maximum Gasteiger partial charge on any atom is 0.573 e. The van der Waals surface area contributed by atoms with E-state index in [1.54, 1.807) is 40.7 Å². The van der Waals surface area contributed by atoms with Crippen LogP contribution >= 0.6 is 0 Å². The quantitative estimate of drug-likeness (QED) is 0.0759. The minimum Gasteiger partial charge on any atom is -0.540 e. The van der Waals surface area contributed by atoms with E-state index in [-0.39, 0.29) is 159 Å². The fourth-order valence-electron chi connectivity index (χ4n) is 22.8. The molecule has 9 fully saturated rings. The van der Waals surface area contributed by atoms with Crippen molar-refractivity contribution in [3.8, 4) is 34.9 Å². The van der Waals surface area contributed by atoms with Gasteiger partial charge in [0, 0.05) is 98.0 Å². The maximum absolute atomic E-state index is 16.0. The second-order valence-electron chi connectivity index (χ2n) is 43.1. The molecule has 6 saturated carbocycles. The Morgan fingerprint density at radius 3 is 1.21 bits per heavy atom. The molecule has 6 aromatic rings. The smallest absolute Gasteiger partial charge is 0.540 e. The predicted octanol–water partition coefficient (Wildman–Crippen LogP) is 16.8. The van der Waals surface area contributed by atoms with E-state index >= 15 is 8.78 Å². The molecule has 3 saturated heterocycles. The number of aromatic nitrogens is 6. The third-order valence-electron chi connectivity index (χ3n) is 30.5. The number of fused-ring (bicyclic) bond motifs is 21. The molecule has 3 aromatic carbocycles. The van der Waals surface area contributed by atoms with Gasteiger partial charge in [-0.1, -0.05) is 140 Å². The van der Waals surface area contributed by atoms with E-state index < -0.39 is 202 Å². The number of carbonyl (C=O) groups is 6. The van der Waals surface area contributed by atoms with Crippen LogP contribution in [0.5, 0.6) is 34.9 Å². The number of alkyl halides is 10. The van der Waals surface area contributed by atoms with Crippen LogP contribution in [-0.4, -0.2) is 218 Å². The number of nitrogens with zero attached hydrogens (tertiary/aromatic N) is 9. The average molecular weight is 2120 g/mol. The van der Waals surface area contributed by atoms with Crippen molar-refractivity contribution in [1.82, 2.24) is 60.6 Å². The van der Waals surface area contributed by atoms with Gasteiger partial charge in [-0.15, -0.1) is 26.3 Å². The first kappa shape index (κ1) is 111. The first-order valence-corrected chi connectivity index (χ1v) is 48.7. The number of rotatable bonds is 7. The molecular formula is C100H121F10N12O18V3-3. The molecule has 6 bridgehead atoms. The number of hydrogen-bond donors (Lipinski definition) is 3. The van der Waals surface area contributed by atoms with Gasteiger partial charge in [0.1, 0.15) is 83.4 Å². The van der Waals surface area contributed by atoms with Crippen molar-refractivity contribution in [2.45, 2.75) is 309 Å². The van der Waals surface area contributed by atoms with Crippen LogP contribution in [0.15, 0.2) is 54.6 Å². The Hall–Kier alpha value is -9.24. The number of hydrogen-bond acceptors (Lipinski definition) is 24. The molecule has 6 amide bonds. The minimum atomic E-state index is -4.87. The van der Waals surface area contributed by atoms with Crippen LogP contribution in [0.3, 0.4) is 0 Å². The third-order valence-corrected chi connectivity index (χ3v) is 30.5. The summed E-state index contributed by atoms with van der Waals surface area (Å²) < 4.78 is 189.